The van der Waals surface area contributed by atoms with Gasteiger partial charge in [-0.3, -0.25) is 4.72 Å². The molecule has 0 radical (unpaired) electrons. The summed E-state index contributed by atoms with van der Waals surface area (Å²) in [7, 11) is -3.65. The number of sulfonamides is 1. The molecule has 0 aliphatic heterocycles. The number of halogens is 1. The Bertz CT molecular complexity index is 902. The van der Waals surface area contributed by atoms with Gasteiger partial charge in [0.15, 0.2) is 5.13 Å². The van der Waals surface area contributed by atoms with Crippen molar-refractivity contribution in [2.75, 3.05) is 4.72 Å². The molecule has 0 bridgehead atoms. The van der Waals surface area contributed by atoms with Gasteiger partial charge in [0.1, 0.15) is 0 Å². The van der Waals surface area contributed by atoms with E-state index in [1.54, 1.807) is 0 Å². The second-order valence-corrected chi connectivity index (χ2v) is 7.70. The molecule has 0 saturated heterocycles. The van der Waals surface area contributed by atoms with Crippen molar-refractivity contribution in [3.05, 3.63) is 53.1 Å². The molecule has 0 atom stereocenters. The van der Waals surface area contributed by atoms with E-state index in [9.17, 15) is 8.42 Å². The average Bonchev–Trinajstić information content (AvgIpc) is 2.79. The summed E-state index contributed by atoms with van der Waals surface area (Å²) in [5, 5.41) is 0.843. The summed E-state index contributed by atoms with van der Waals surface area (Å²) in [6.07, 6.45) is 0. The number of hydrogen-bond donors (Lipinski definition) is 1. The van der Waals surface area contributed by atoms with Crippen LogP contribution in [0.15, 0.2) is 47.4 Å². The fourth-order valence-electron chi connectivity index (χ4n) is 1.86. The van der Waals surface area contributed by atoms with E-state index < -0.39 is 10.0 Å². The zero-order chi connectivity index (χ0) is 15.0. The first-order chi connectivity index (χ1) is 9.94. The van der Waals surface area contributed by atoms with Gasteiger partial charge in [0.25, 0.3) is 10.0 Å². The molecule has 4 nitrogen and oxygen atoms in total. The van der Waals surface area contributed by atoms with Gasteiger partial charge < -0.3 is 0 Å². The number of fused-ring (bicyclic) bond motifs is 1. The quantitative estimate of drug-likeness (QED) is 0.783. The van der Waals surface area contributed by atoms with Crippen molar-refractivity contribution in [1.29, 1.82) is 0 Å². The molecular weight excluding hydrogens is 328 g/mol. The Morgan fingerprint density at radius 1 is 1.14 bits per heavy atom. The van der Waals surface area contributed by atoms with Crippen molar-refractivity contribution in [1.82, 2.24) is 4.98 Å². The third kappa shape index (κ3) is 3.02. The highest BCUT2D eigenvalue weighted by molar-refractivity contribution is 7.93. The van der Waals surface area contributed by atoms with Gasteiger partial charge in [-0.1, -0.05) is 29.0 Å². The molecule has 0 unspecified atom stereocenters. The Kier molecular flexibility index (Phi) is 3.61. The first-order valence-electron chi connectivity index (χ1n) is 6.10. The first kappa shape index (κ1) is 14.3. The lowest BCUT2D eigenvalue weighted by Crippen LogP contribution is -2.12. The minimum atomic E-state index is -3.65. The van der Waals surface area contributed by atoms with Gasteiger partial charge in [0.2, 0.25) is 0 Å². The number of hydrogen-bond acceptors (Lipinski definition) is 4. The average molecular weight is 339 g/mol. The normalized spacial score (nSPS) is 11.7. The molecular formula is C14H11ClN2O2S2. The maximum Gasteiger partial charge on any atom is 0.263 e. The zero-order valence-electron chi connectivity index (χ0n) is 11.0. The fraction of sp³-hybridized carbons (Fsp3) is 0.0714. The highest BCUT2D eigenvalue weighted by Gasteiger charge is 2.16. The van der Waals surface area contributed by atoms with E-state index >= 15 is 0 Å². The molecule has 1 N–H and O–H groups in total. The SMILES string of the molecule is Cc1ccc2nc(NS(=O)(=O)c3ccc(Cl)cc3)sc2c1. The van der Waals surface area contributed by atoms with E-state index in [1.165, 1.54) is 35.6 Å². The lowest BCUT2D eigenvalue weighted by atomic mass is 10.2. The number of nitrogens with zero attached hydrogens (tertiary/aromatic N) is 1. The molecule has 1 aromatic heterocycles. The standard InChI is InChI=1S/C14H11ClN2O2S2/c1-9-2-7-12-13(8-9)20-14(16-12)17-21(18,19)11-5-3-10(15)4-6-11/h2-8H,1H3,(H,16,17). The molecule has 0 amide bonds. The van der Waals surface area contributed by atoms with Gasteiger partial charge >= 0.3 is 0 Å². The van der Waals surface area contributed by atoms with Crippen LogP contribution in [0.4, 0.5) is 5.13 Å². The smallest absolute Gasteiger partial charge is 0.255 e. The molecule has 3 rings (SSSR count). The highest BCUT2D eigenvalue weighted by atomic mass is 35.5. The van der Waals surface area contributed by atoms with Gasteiger partial charge in [-0.05, 0) is 48.9 Å². The molecule has 1 heterocycles. The van der Waals surface area contributed by atoms with Crippen molar-refractivity contribution >= 4 is 48.3 Å². The van der Waals surface area contributed by atoms with Gasteiger partial charge in [0, 0.05) is 5.02 Å². The van der Waals surface area contributed by atoms with E-state index in [4.69, 9.17) is 11.6 Å². The molecule has 108 valence electrons. The zero-order valence-corrected chi connectivity index (χ0v) is 13.4. The van der Waals surface area contributed by atoms with Crippen LogP contribution < -0.4 is 4.72 Å². The van der Waals surface area contributed by atoms with Crippen LogP contribution in [0.3, 0.4) is 0 Å². The Morgan fingerprint density at radius 2 is 1.86 bits per heavy atom. The van der Waals surface area contributed by atoms with E-state index in [-0.39, 0.29) is 4.90 Å². The number of aromatic nitrogens is 1. The Balaban J connectivity index is 1.95. The van der Waals surface area contributed by atoms with Gasteiger partial charge in [0.05, 0.1) is 15.1 Å². The van der Waals surface area contributed by atoms with Crippen LogP contribution >= 0.6 is 22.9 Å². The summed E-state index contributed by atoms with van der Waals surface area (Å²) >= 11 is 7.07. The maximum atomic E-state index is 12.3. The molecule has 7 heteroatoms. The maximum absolute atomic E-state index is 12.3. The lowest BCUT2D eigenvalue weighted by molar-refractivity contribution is 0.601. The van der Waals surface area contributed by atoms with Gasteiger partial charge in [-0.15, -0.1) is 0 Å². The summed E-state index contributed by atoms with van der Waals surface area (Å²) in [5.41, 5.74) is 1.89. The summed E-state index contributed by atoms with van der Waals surface area (Å²) in [6, 6.07) is 11.8. The van der Waals surface area contributed by atoms with Crippen LogP contribution in [0.5, 0.6) is 0 Å². The van der Waals surface area contributed by atoms with Crippen LogP contribution in [0.1, 0.15) is 5.56 Å². The number of anilines is 1. The van der Waals surface area contributed by atoms with E-state index in [1.807, 2.05) is 25.1 Å². The molecule has 0 fully saturated rings. The number of rotatable bonds is 3. The monoisotopic (exact) mass is 338 g/mol. The highest BCUT2D eigenvalue weighted by Crippen LogP contribution is 2.28. The van der Waals surface area contributed by atoms with E-state index in [0.29, 0.717) is 10.2 Å². The minimum Gasteiger partial charge on any atom is -0.255 e. The summed E-state index contributed by atoms with van der Waals surface area (Å²) in [6.45, 7) is 1.98. The number of nitrogens with one attached hydrogen (secondary N) is 1. The fourth-order valence-corrected chi connectivity index (χ4v) is 4.19. The molecule has 2 aromatic carbocycles. The van der Waals surface area contributed by atoms with Crippen LogP contribution in [0.2, 0.25) is 5.02 Å². The molecule has 0 aliphatic carbocycles. The predicted molar refractivity (Wildman–Crippen MR) is 86.6 cm³/mol. The third-order valence-corrected chi connectivity index (χ3v) is 5.56. The largest absolute Gasteiger partial charge is 0.263 e. The van der Waals surface area contributed by atoms with Crippen LogP contribution in [0.25, 0.3) is 10.2 Å². The first-order valence-corrected chi connectivity index (χ1v) is 8.77. The minimum absolute atomic E-state index is 0.155. The van der Waals surface area contributed by atoms with E-state index in [0.717, 1.165) is 15.8 Å². The molecule has 3 aromatic rings. The van der Waals surface area contributed by atoms with Crippen molar-refractivity contribution in [3.63, 3.8) is 0 Å². The number of benzene rings is 2. The summed E-state index contributed by atoms with van der Waals surface area (Å²) in [4.78, 5) is 4.44. The lowest BCUT2D eigenvalue weighted by Gasteiger charge is -2.04. The van der Waals surface area contributed by atoms with E-state index in [2.05, 4.69) is 9.71 Å². The Labute approximate surface area is 131 Å². The second-order valence-electron chi connectivity index (χ2n) is 4.55. The second kappa shape index (κ2) is 5.29. The summed E-state index contributed by atoms with van der Waals surface area (Å²) in [5.74, 6) is 0. The molecule has 0 aliphatic rings. The van der Waals surface area contributed by atoms with Crippen molar-refractivity contribution < 1.29 is 8.42 Å². The van der Waals surface area contributed by atoms with Gasteiger partial charge in [-0.25, -0.2) is 13.4 Å². The topological polar surface area (TPSA) is 59.1 Å². The van der Waals surface area contributed by atoms with Gasteiger partial charge in [-0.2, -0.15) is 0 Å². The summed E-state index contributed by atoms with van der Waals surface area (Å²) < 4.78 is 28.0. The molecule has 0 spiro atoms. The van der Waals surface area contributed by atoms with Crippen molar-refractivity contribution in [2.24, 2.45) is 0 Å². The Morgan fingerprint density at radius 3 is 2.57 bits per heavy atom. The van der Waals surface area contributed by atoms with Crippen LogP contribution in [0, 0.1) is 6.92 Å². The number of thiazole rings is 1. The van der Waals surface area contributed by atoms with Crippen LogP contribution in [-0.4, -0.2) is 13.4 Å². The predicted octanol–water partition coefficient (Wildman–Crippen LogP) is 4.06. The van der Waals surface area contributed by atoms with Crippen molar-refractivity contribution in [3.8, 4) is 0 Å². The van der Waals surface area contributed by atoms with Crippen LogP contribution in [-0.2, 0) is 10.0 Å². The third-order valence-electron chi connectivity index (χ3n) is 2.89. The Hall–Kier alpha value is -1.63. The van der Waals surface area contributed by atoms with Crippen molar-refractivity contribution in [2.45, 2.75) is 11.8 Å². The molecule has 0 saturated carbocycles. The molecule has 21 heavy (non-hydrogen) atoms. The number of aryl methyl sites for hydroxylation is 1.